The van der Waals surface area contributed by atoms with E-state index in [-0.39, 0.29) is 23.7 Å². The van der Waals surface area contributed by atoms with Crippen LogP contribution in [0.3, 0.4) is 0 Å². The number of aliphatic hydroxyl groups is 1. The molecule has 280 valence electrons. The molecule has 2 saturated heterocycles. The van der Waals surface area contributed by atoms with E-state index in [0.717, 1.165) is 105 Å². The van der Waals surface area contributed by atoms with E-state index >= 15 is 0 Å². The fourth-order valence-corrected chi connectivity index (χ4v) is 7.82. The average molecular weight is 714 g/mol. The molecule has 0 spiro atoms. The molecule has 0 bridgehead atoms. The number of carbonyl (C=O) groups is 2. The number of likely N-dealkylation sites (tertiary alicyclic amines) is 2. The molecule has 4 aliphatic rings. The number of hydrogen-bond donors (Lipinski definition) is 5. The number of carbonyl (C=O) groups excluding carboxylic acids is 1. The molecular formula is C41H55N5O6. The van der Waals surface area contributed by atoms with Crippen LogP contribution in [0.25, 0.3) is 21.8 Å². The largest absolute Gasteiger partial charge is 0.493 e. The van der Waals surface area contributed by atoms with Gasteiger partial charge in [0.2, 0.25) is 0 Å². The Morgan fingerprint density at radius 1 is 0.788 bits per heavy atom. The fourth-order valence-electron chi connectivity index (χ4n) is 7.82. The molecule has 2 aromatic carbocycles. The van der Waals surface area contributed by atoms with Crippen molar-refractivity contribution in [2.24, 2.45) is 11.8 Å². The second-order valence-corrected chi connectivity index (χ2v) is 15.5. The molecule has 52 heavy (non-hydrogen) atoms. The molecule has 5 N–H and O–H groups in total. The predicted octanol–water partition coefficient (Wildman–Crippen LogP) is 6.43. The number of fused-ring (bicyclic) bond motifs is 2. The van der Waals surface area contributed by atoms with E-state index in [1.165, 1.54) is 38.5 Å². The van der Waals surface area contributed by atoms with Crippen molar-refractivity contribution in [1.82, 2.24) is 25.1 Å². The molecule has 0 radical (unpaired) electrons. The average Bonchev–Trinajstić information content (AvgIpc) is 3.75. The highest BCUT2D eigenvalue weighted by atomic mass is 16.5. The van der Waals surface area contributed by atoms with E-state index in [2.05, 4.69) is 32.0 Å². The highest BCUT2D eigenvalue weighted by Crippen LogP contribution is 2.32. The van der Waals surface area contributed by atoms with E-state index < -0.39 is 5.97 Å². The number of nitrogens with zero attached hydrogens (tertiary/aromatic N) is 2. The van der Waals surface area contributed by atoms with Crippen LogP contribution >= 0.6 is 0 Å². The zero-order chi connectivity index (χ0) is 36.0. The van der Waals surface area contributed by atoms with Crippen LogP contribution in [0, 0.1) is 11.8 Å². The Bertz CT molecular complexity index is 1800. The molecule has 2 saturated carbocycles. The first-order chi connectivity index (χ1) is 25.3. The smallest absolute Gasteiger partial charge is 0.352 e. The summed E-state index contributed by atoms with van der Waals surface area (Å²) in [5.74, 6) is 2.00. The number of piperidine rings is 2. The van der Waals surface area contributed by atoms with Crippen LogP contribution in [-0.2, 0) is 0 Å². The molecule has 11 heteroatoms. The van der Waals surface area contributed by atoms with Crippen molar-refractivity contribution in [3.05, 3.63) is 59.9 Å². The van der Waals surface area contributed by atoms with E-state index in [4.69, 9.17) is 14.6 Å². The lowest BCUT2D eigenvalue weighted by atomic mass is 9.86. The Balaban J connectivity index is 0.000000196. The summed E-state index contributed by atoms with van der Waals surface area (Å²) in [4.78, 5) is 35.1. The molecule has 1 atom stereocenters. The third kappa shape index (κ3) is 8.93. The standard InChI is InChI=1S/C27H40N4O3.C14H15NO3/c1-19(31-14-10-22(32)11-15-31)17-30-12-8-21(9-13-30)28-27(33)25-16-23-24(29-25)6-3-7-26(23)34-18-20-4-2-5-20;16-14(17)12-7-10-11(15-12)5-2-6-13(10)18-8-9-3-1-4-9/h3,6-7,16,19-22,29,32H,2,4-5,8-15,17-18H2,1H3,(H,28,33);2,5-7,9,15H,1,3-4,8H2,(H,16,17)/t19-;/m0./s1. The third-order valence-electron chi connectivity index (χ3n) is 11.7. The van der Waals surface area contributed by atoms with Gasteiger partial charge < -0.3 is 39.9 Å². The number of aromatic amines is 2. The molecule has 2 aliphatic heterocycles. The minimum Gasteiger partial charge on any atom is -0.493 e. The number of aliphatic hydroxyl groups excluding tert-OH is 1. The van der Waals surface area contributed by atoms with Crippen LogP contribution in [0.15, 0.2) is 48.5 Å². The van der Waals surface area contributed by atoms with Crippen LogP contribution in [0.5, 0.6) is 11.5 Å². The highest BCUT2D eigenvalue weighted by molar-refractivity contribution is 6.00. The van der Waals surface area contributed by atoms with Crippen molar-refractivity contribution < 1.29 is 29.3 Å². The topological polar surface area (TPSA) is 143 Å². The lowest BCUT2D eigenvalue weighted by Crippen LogP contribution is -2.50. The number of hydrogen-bond acceptors (Lipinski definition) is 7. The molecule has 0 unspecified atom stereocenters. The van der Waals surface area contributed by atoms with Crippen LogP contribution in [0.4, 0.5) is 0 Å². The number of amides is 1. The zero-order valence-electron chi connectivity index (χ0n) is 30.4. The van der Waals surface area contributed by atoms with Gasteiger partial charge in [-0.15, -0.1) is 0 Å². The van der Waals surface area contributed by atoms with Crippen molar-refractivity contribution in [2.45, 2.75) is 89.3 Å². The summed E-state index contributed by atoms with van der Waals surface area (Å²) in [5, 5.41) is 23.8. The van der Waals surface area contributed by atoms with E-state index in [0.29, 0.717) is 23.6 Å². The summed E-state index contributed by atoms with van der Waals surface area (Å²) in [7, 11) is 0. The van der Waals surface area contributed by atoms with E-state index in [1.54, 1.807) is 6.07 Å². The fraction of sp³-hybridized carbons (Fsp3) is 0.561. The van der Waals surface area contributed by atoms with Crippen molar-refractivity contribution in [3.8, 4) is 11.5 Å². The van der Waals surface area contributed by atoms with Crippen LogP contribution in [0.2, 0.25) is 0 Å². The first-order valence-electron chi connectivity index (χ1n) is 19.5. The van der Waals surface area contributed by atoms with Gasteiger partial charge in [-0.1, -0.05) is 25.0 Å². The maximum absolute atomic E-state index is 13.0. The first kappa shape index (κ1) is 36.3. The van der Waals surface area contributed by atoms with Gasteiger partial charge in [-0.05, 0) is 107 Å². The number of nitrogens with one attached hydrogen (secondary N) is 3. The summed E-state index contributed by atoms with van der Waals surface area (Å²) in [5.41, 5.74) is 2.56. The SMILES string of the molecule is C[C@@H](CN1CCC(NC(=O)c2cc3c(OCC4CCC4)cccc3[nH]2)CC1)N1CCC(O)CC1.O=C(O)c1cc2c(OCC3CCC3)cccc2[nH]1. The Morgan fingerprint density at radius 3 is 1.85 bits per heavy atom. The molecule has 2 aromatic heterocycles. The van der Waals surface area contributed by atoms with Crippen molar-refractivity contribution in [3.63, 3.8) is 0 Å². The van der Waals surface area contributed by atoms with Gasteiger partial charge in [-0.25, -0.2) is 4.79 Å². The van der Waals surface area contributed by atoms with Crippen molar-refractivity contribution in [1.29, 1.82) is 0 Å². The van der Waals surface area contributed by atoms with E-state index in [9.17, 15) is 14.7 Å². The minimum atomic E-state index is -0.948. The second kappa shape index (κ2) is 16.7. The number of benzene rings is 2. The predicted molar refractivity (Wildman–Crippen MR) is 202 cm³/mol. The van der Waals surface area contributed by atoms with Crippen LogP contribution < -0.4 is 14.8 Å². The molecular weight excluding hydrogens is 658 g/mol. The number of carboxylic acids is 1. The molecule has 1 amide bonds. The minimum absolute atomic E-state index is 0.0279. The highest BCUT2D eigenvalue weighted by Gasteiger charge is 2.27. The molecule has 4 fully saturated rings. The summed E-state index contributed by atoms with van der Waals surface area (Å²) < 4.78 is 11.9. The zero-order valence-corrected chi connectivity index (χ0v) is 30.4. The molecule has 4 heterocycles. The summed E-state index contributed by atoms with van der Waals surface area (Å²) >= 11 is 0. The molecule has 2 aliphatic carbocycles. The van der Waals surface area contributed by atoms with Gasteiger partial charge in [0.15, 0.2) is 0 Å². The monoisotopic (exact) mass is 713 g/mol. The lowest BCUT2D eigenvalue weighted by Gasteiger charge is -2.39. The summed E-state index contributed by atoms with van der Waals surface area (Å²) in [6, 6.07) is 15.9. The van der Waals surface area contributed by atoms with Gasteiger partial charge >= 0.3 is 5.97 Å². The Labute approximate surface area is 306 Å². The van der Waals surface area contributed by atoms with Crippen LogP contribution in [0.1, 0.15) is 92.1 Å². The van der Waals surface area contributed by atoms with Gasteiger partial charge in [0.05, 0.1) is 19.3 Å². The normalized spacial score (nSPS) is 20.1. The van der Waals surface area contributed by atoms with Gasteiger partial charge in [-0.2, -0.15) is 0 Å². The number of rotatable bonds is 12. The Hall–Kier alpha value is -4.06. The number of H-pyrrole nitrogens is 2. The molecule has 8 rings (SSSR count). The number of carboxylic acid groups (broad SMARTS) is 1. The van der Waals surface area contributed by atoms with Gasteiger partial charge in [-0.3, -0.25) is 9.69 Å². The number of aromatic nitrogens is 2. The Morgan fingerprint density at radius 2 is 1.33 bits per heavy atom. The van der Waals surface area contributed by atoms with E-state index in [1.807, 2.05) is 42.5 Å². The number of aromatic carboxylic acids is 1. The lowest BCUT2D eigenvalue weighted by molar-refractivity contribution is 0.0497. The Kier molecular flexibility index (Phi) is 11.7. The first-order valence-corrected chi connectivity index (χ1v) is 19.5. The molecule has 11 nitrogen and oxygen atoms in total. The maximum atomic E-state index is 13.0. The van der Waals surface area contributed by atoms with Crippen molar-refractivity contribution >= 4 is 33.7 Å². The second-order valence-electron chi connectivity index (χ2n) is 15.5. The summed E-state index contributed by atoms with van der Waals surface area (Å²) in [6.07, 6.45) is 11.2. The van der Waals surface area contributed by atoms with Gasteiger partial charge in [0, 0.05) is 66.6 Å². The van der Waals surface area contributed by atoms with Crippen LogP contribution in [-0.4, -0.2) is 106 Å². The quantitative estimate of drug-likeness (QED) is 0.113. The third-order valence-corrected chi connectivity index (χ3v) is 11.7. The summed E-state index contributed by atoms with van der Waals surface area (Å²) in [6.45, 7) is 8.86. The number of ether oxygens (including phenoxy) is 2. The van der Waals surface area contributed by atoms with Crippen molar-refractivity contribution in [2.75, 3.05) is 45.9 Å². The molecule has 4 aromatic rings. The maximum Gasteiger partial charge on any atom is 0.352 e. The van der Waals surface area contributed by atoms with Gasteiger partial charge in [0.1, 0.15) is 22.9 Å². The van der Waals surface area contributed by atoms with Gasteiger partial charge in [0.25, 0.3) is 5.91 Å².